The Morgan fingerprint density at radius 3 is 2.88 bits per heavy atom. The second-order valence-corrected chi connectivity index (χ2v) is 6.88. The summed E-state index contributed by atoms with van der Waals surface area (Å²) in [6.45, 7) is 4.66. The Labute approximate surface area is 145 Å². The molecule has 1 atom stereocenters. The number of rotatable bonds is 4. The van der Waals surface area contributed by atoms with Crippen LogP contribution in [0.5, 0.6) is 0 Å². The molecule has 2 N–H and O–H groups in total. The summed E-state index contributed by atoms with van der Waals surface area (Å²) >= 11 is 1.45. The van der Waals surface area contributed by atoms with E-state index in [1.807, 2.05) is 49.6 Å². The van der Waals surface area contributed by atoms with Crippen LogP contribution >= 0.6 is 11.3 Å². The van der Waals surface area contributed by atoms with Crippen molar-refractivity contribution in [3.63, 3.8) is 0 Å². The van der Waals surface area contributed by atoms with E-state index in [2.05, 4.69) is 10.6 Å². The van der Waals surface area contributed by atoms with Crippen LogP contribution in [0.4, 0.5) is 16.2 Å². The highest BCUT2D eigenvalue weighted by Gasteiger charge is 2.26. The number of urea groups is 1. The number of amides is 3. The highest BCUT2D eigenvalue weighted by Crippen LogP contribution is 2.32. The van der Waals surface area contributed by atoms with E-state index in [4.69, 9.17) is 0 Å². The molecule has 0 spiro atoms. The molecule has 5 nitrogen and oxygen atoms in total. The first-order chi connectivity index (χ1) is 11.6. The molecule has 6 heteroatoms. The first-order valence-electron chi connectivity index (χ1n) is 8.14. The minimum absolute atomic E-state index is 0.0185. The van der Waals surface area contributed by atoms with Gasteiger partial charge in [0, 0.05) is 24.0 Å². The van der Waals surface area contributed by atoms with E-state index in [0.29, 0.717) is 12.2 Å². The minimum atomic E-state index is -0.224. The van der Waals surface area contributed by atoms with Crippen molar-refractivity contribution >= 4 is 34.6 Å². The standard InChI is InChI=1S/C18H21N3O2S/c1-3-12(2)19-18(23)20-14-7-6-13-8-9-21(15(13)11-14)17(22)16-5-4-10-24-16/h4-7,10-12H,3,8-9H2,1-2H3,(H2,19,20,23). The molecular formula is C18H21N3O2S. The molecule has 0 aliphatic carbocycles. The second kappa shape index (κ2) is 7.05. The Morgan fingerprint density at radius 2 is 2.17 bits per heavy atom. The van der Waals surface area contributed by atoms with Crippen LogP contribution in [0.25, 0.3) is 0 Å². The van der Waals surface area contributed by atoms with Gasteiger partial charge in [-0.1, -0.05) is 19.1 Å². The van der Waals surface area contributed by atoms with Crippen molar-refractivity contribution in [2.75, 3.05) is 16.8 Å². The lowest BCUT2D eigenvalue weighted by Gasteiger charge is -2.18. The molecule has 0 radical (unpaired) electrons. The number of hydrogen-bond donors (Lipinski definition) is 2. The third-order valence-corrected chi connectivity index (χ3v) is 5.06. The van der Waals surface area contributed by atoms with Gasteiger partial charge in [0.15, 0.2) is 0 Å². The normalized spacial score (nSPS) is 14.2. The third kappa shape index (κ3) is 3.43. The summed E-state index contributed by atoms with van der Waals surface area (Å²) in [5.74, 6) is 0.0185. The predicted octanol–water partition coefficient (Wildman–Crippen LogP) is 3.87. The number of anilines is 2. The fourth-order valence-corrected chi connectivity index (χ4v) is 3.37. The number of benzene rings is 1. The maximum Gasteiger partial charge on any atom is 0.319 e. The lowest BCUT2D eigenvalue weighted by Crippen LogP contribution is -2.35. The van der Waals surface area contributed by atoms with Crippen molar-refractivity contribution in [1.29, 1.82) is 0 Å². The number of fused-ring (bicyclic) bond motifs is 1. The maximum atomic E-state index is 12.6. The highest BCUT2D eigenvalue weighted by molar-refractivity contribution is 7.12. The number of carbonyl (C=O) groups is 2. The van der Waals surface area contributed by atoms with Gasteiger partial charge in [0.1, 0.15) is 0 Å². The molecule has 0 bridgehead atoms. The van der Waals surface area contributed by atoms with Gasteiger partial charge in [-0.3, -0.25) is 4.79 Å². The second-order valence-electron chi connectivity index (χ2n) is 5.94. The van der Waals surface area contributed by atoms with Gasteiger partial charge < -0.3 is 15.5 Å². The van der Waals surface area contributed by atoms with Gasteiger partial charge in [-0.05, 0) is 48.9 Å². The summed E-state index contributed by atoms with van der Waals surface area (Å²) < 4.78 is 0. The molecule has 2 heterocycles. The fourth-order valence-electron chi connectivity index (χ4n) is 2.69. The summed E-state index contributed by atoms with van der Waals surface area (Å²) in [7, 11) is 0. The first-order valence-corrected chi connectivity index (χ1v) is 9.02. The number of thiophene rings is 1. The lowest BCUT2D eigenvalue weighted by molar-refractivity contribution is 0.0993. The SMILES string of the molecule is CCC(C)NC(=O)Nc1ccc2c(c1)N(C(=O)c1cccs1)CC2. The monoisotopic (exact) mass is 343 g/mol. The van der Waals surface area contributed by atoms with E-state index in [0.717, 1.165) is 29.0 Å². The van der Waals surface area contributed by atoms with Crippen molar-refractivity contribution in [1.82, 2.24) is 5.32 Å². The number of nitrogens with zero attached hydrogens (tertiary/aromatic N) is 1. The van der Waals surface area contributed by atoms with Gasteiger partial charge >= 0.3 is 6.03 Å². The molecule has 1 aliphatic heterocycles. The Balaban J connectivity index is 1.76. The molecule has 126 valence electrons. The molecule has 1 aliphatic rings. The van der Waals surface area contributed by atoms with Gasteiger partial charge in [0.25, 0.3) is 5.91 Å². The van der Waals surface area contributed by atoms with Gasteiger partial charge in [0.05, 0.1) is 4.88 Å². The Kier molecular flexibility index (Phi) is 4.85. The quantitative estimate of drug-likeness (QED) is 0.885. The van der Waals surface area contributed by atoms with Gasteiger partial charge in [-0.25, -0.2) is 4.79 Å². The van der Waals surface area contributed by atoms with Crippen LogP contribution in [0.2, 0.25) is 0 Å². The Morgan fingerprint density at radius 1 is 1.33 bits per heavy atom. The van der Waals surface area contributed by atoms with E-state index in [9.17, 15) is 9.59 Å². The molecule has 2 aromatic rings. The predicted molar refractivity (Wildman–Crippen MR) is 98.0 cm³/mol. The van der Waals surface area contributed by atoms with E-state index >= 15 is 0 Å². The number of carbonyl (C=O) groups excluding carboxylic acids is 2. The van der Waals surface area contributed by atoms with Crippen molar-refractivity contribution < 1.29 is 9.59 Å². The van der Waals surface area contributed by atoms with Gasteiger partial charge in [0.2, 0.25) is 0 Å². The molecule has 0 saturated carbocycles. The molecule has 3 amide bonds. The zero-order chi connectivity index (χ0) is 17.1. The first kappa shape index (κ1) is 16.5. The van der Waals surface area contributed by atoms with Crippen LogP contribution in [0, 0.1) is 0 Å². The van der Waals surface area contributed by atoms with Crippen LogP contribution in [0.3, 0.4) is 0 Å². The summed E-state index contributed by atoms with van der Waals surface area (Å²) in [4.78, 5) is 27.1. The summed E-state index contributed by atoms with van der Waals surface area (Å²) in [5.41, 5.74) is 2.71. The number of nitrogens with one attached hydrogen (secondary N) is 2. The van der Waals surface area contributed by atoms with E-state index < -0.39 is 0 Å². The van der Waals surface area contributed by atoms with Crippen LogP contribution < -0.4 is 15.5 Å². The van der Waals surface area contributed by atoms with Crippen LogP contribution in [0.1, 0.15) is 35.5 Å². The molecule has 0 saturated heterocycles. The topological polar surface area (TPSA) is 61.4 Å². The molecule has 3 rings (SSSR count). The van der Waals surface area contributed by atoms with Crippen molar-refractivity contribution in [3.8, 4) is 0 Å². The molecule has 1 aromatic heterocycles. The van der Waals surface area contributed by atoms with Gasteiger partial charge in [-0.2, -0.15) is 0 Å². The third-order valence-electron chi connectivity index (χ3n) is 4.21. The largest absolute Gasteiger partial charge is 0.335 e. The lowest BCUT2D eigenvalue weighted by atomic mass is 10.1. The fraction of sp³-hybridized carbons (Fsp3) is 0.333. The molecule has 1 aromatic carbocycles. The molecule has 24 heavy (non-hydrogen) atoms. The van der Waals surface area contributed by atoms with Crippen molar-refractivity contribution in [2.45, 2.75) is 32.7 Å². The van der Waals surface area contributed by atoms with E-state index in [1.165, 1.54) is 11.3 Å². The smallest absolute Gasteiger partial charge is 0.319 e. The Hall–Kier alpha value is -2.34. The minimum Gasteiger partial charge on any atom is -0.335 e. The van der Waals surface area contributed by atoms with Crippen LogP contribution in [0.15, 0.2) is 35.7 Å². The van der Waals surface area contributed by atoms with Crippen LogP contribution in [-0.4, -0.2) is 24.5 Å². The summed E-state index contributed by atoms with van der Waals surface area (Å²) in [5, 5.41) is 7.62. The highest BCUT2D eigenvalue weighted by atomic mass is 32.1. The molecule has 1 unspecified atom stereocenters. The maximum absolute atomic E-state index is 12.6. The molecule has 0 fully saturated rings. The zero-order valence-electron chi connectivity index (χ0n) is 13.8. The summed E-state index contributed by atoms with van der Waals surface area (Å²) in [6.07, 6.45) is 1.71. The van der Waals surface area contributed by atoms with Crippen LogP contribution in [-0.2, 0) is 6.42 Å². The number of hydrogen-bond acceptors (Lipinski definition) is 3. The van der Waals surface area contributed by atoms with Crippen molar-refractivity contribution in [3.05, 3.63) is 46.2 Å². The zero-order valence-corrected chi connectivity index (χ0v) is 14.7. The van der Waals surface area contributed by atoms with E-state index in [1.54, 1.807) is 4.90 Å². The average molecular weight is 343 g/mol. The Bertz CT molecular complexity index is 743. The van der Waals surface area contributed by atoms with Crippen molar-refractivity contribution in [2.24, 2.45) is 0 Å². The van der Waals surface area contributed by atoms with E-state index in [-0.39, 0.29) is 18.0 Å². The average Bonchev–Trinajstić information content (AvgIpc) is 3.23. The van der Waals surface area contributed by atoms with Gasteiger partial charge in [-0.15, -0.1) is 11.3 Å². The molecular weight excluding hydrogens is 322 g/mol. The summed E-state index contributed by atoms with van der Waals surface area (Å²) in [6, 6.07) is 9.36.